The van der Waals surface area contributed by atoms with Crippen molar-refractivity contribution in [3.8, 4) is 5.75 Å². The van der Waals surface area contributed by atoms with Crippen molar-refractivity contribution in [2.45, 2.75) is 12.8 Å². The van der Waals surface area contributed by atoms with E-state index in [2.05, 4.69) is 0 Å². The molecule has 1 saturated heterocycles. The molecule has 0 bridgehead atoms. The van der Waals surface area contributed by atoms with Gasteiger partial charge in [-0.1, -0.05) is 36.4 Å². The summed E-state index contributed by atoms with van der Waals surface area (Å²) in [6, 6.07) is 13.3. The maximum absolute atomic E-state index is 12.1. The Labute approximate surface area is 116 Å². The number of ketones is 1. The van der Waals surface area contributed by atoms with Crippen LogP contribution in [0.15, 0.2) is 42.5 Å². The fraction of sp³-hybridized carbons (Fsp3) is 0.250. The lowest BCUT2D eigenvalue weighted by Crippen LogP contribution is -2.41. The average molecular weight is 269 g/mol. The van der Waals surface area contributed by atoms with E-state index in [1.54, 1.807) is 6.07 Å². The minimum atomic E-state index is -0.450. The van der Waals surface area contributed by atoms with Crippen molar-refractivity contribution in [3.63, 3.8) is 0 Å². The van der Waals surface area contributed by atoms with E-state index in [9.17, 15) is 9.59 Å². The van der Waals surface area contributed by atoms with Crippen LogP contribution in [0.5, 0.6) is 5.75 Å². The molecule has 2 aromatic rings. The van der Waals surface area contributed by atoms with Gasteiger partial charge in [-0.15, -0.1) is 0 Å². The van der Waals surface area contributed by atoms with E-state index in [-0.39, 0.29) is 12.3 Å². The molecule has 0 N–H and O–H groups in total. The Morgan fingerprint density at radius 2 is 1.90 bits per heavy atom. The number of carbonyl (C=O) groups is 2. The van der Waals surface area contributed by atoms with E-state index in [0.717, 1.165) is 10.8 Å². The van der Waals surface area contributed by atoms with Gasteiger partial charge in [-0.2, -0.15) is 0 Å². The number of ether oxygens (including phenoxy) is 1. The lowest BCUT2D eigenvalue weighted by atomic mass is 10.1. The minimum absolute atomic E-state index is 0.0890. The molecule has 4 heteroatoms. The smallest absolute Gasteiger partial charge is 0.410 e. The zero-order valence-corrected chi connectivity index (χ0v) is 11.0. The summed E-state index contributed by atoms with van der Waals surface area (Å²) in [5.74, 6) is 0.622. The lowest BCUT2D eigenvalue weighted by molar-refractivity contribution is -0.121. The third kappa shape index (κ3) is 2.50. The summed E-state index contributed by atoms with van der Waals surface area (Å²) in [7, 11) is 0. The number of amides is 1. The summed E-state index contributed by atoms with van der Waals surface area (Å²) in [5, 5.41) is 1.92. The van der Waals surface area contributed by atoms with Gasteiger partial charge in [0.25, 0.3) is 0 Å². The quantitative estimate of drug-likeness (QED) is 0.799. The Bertz CT molecular complexity index is 660. The highest BCUT2D eigenvalue weighted by Crippen LogP contribution is 2.25. The molecule has 0 radical (unpaired) electrons. The van der Waals surface area contributed by atoms with Crippen LogP contribution in [0.1, 0.15) is 12.8 Å². The van der Waals surface area contributed by atoms with E-state index in [4.69, 9.17) is 4.74 Å². The van der Waals surface area contributed by atoms with Crippen LogP contribution in [0.25, 0.3) is 10.8 Å². The fourth-order valence-electron chi connectivity index (χ4n) is 2.44. The van der Waals surface area contributed by atoms with Gasteiger partial charge in [0, 0.05) is 18.4 Å². The number of benzene rings is 2. The monoisotopic (exact) mass is 269 g/mol. The molecule has 20 heavy (non-hydrogen) atoms. The fourth-order valence-corrected chi connectivity index (χ4v) is 2.44. The molecule has 0 saturated carbocycles. The van der Waals surface area contributed by atoms with E-state index >= 15 is 0 Å². The molecular formula is C16H15NO3. The van der Waals surface area contributed by atoms with Crippen molar-refractivity contribution in [2.75, 3.05) is 13.1 Å². The van der Waals surface area contributed by atoms with Crippen LogP contribution in [0, 0.1) is 0 Å². The first-order chi connectivity index (χ1) is 9.74. The van der Waals surface area contributed by atoms with E-state index < -0.39 is 6.09 Å². The molecule has 2 aromatic carbocycles. The highest BCUT2D eigenvalue weighted by molar-refractivity contribution is 5.91. The summed E-state index contributed by atoms with van der Waals surface area (Å²) in [6.07, 6.45) is 0.816. The molecule has 0 aromatic heterocycles. The van der Waals surface area contributed by atoms with Crippen LogP contribution in [0.2, 0.25) is 0 Å². The molecule has 0 atom stereocenters. The number of fused-ring (bicyclic) bond motifs is 1. The Hall–Kier alpha value is -2.36. The van der Waals surface area contributed by atoms with Crippen LogP contribution in [-0.2, 0) is 4.79 Å². The Morgan fingerprint density at radius 3 is 2.75 bits per heavy atom. The molecule has 1 heterocycles. The molecule has 0 spiro atoms. The lowest BCUT2D eigenvalue weighted by Gasteiger charge is -2.25. The number of nitrogens with zero attached hydrogens (tertiary/aromatic N) is 1. The number of rotatable bonds is 1. The van der Waals surface area contributed by atoms with E-state index in [1.807, 2.05) is 36.4 Å². The first kappa shape index (κ1) is 12.7. The zero-order chi connectivity index (χ0) is 13.9. The van der Waals surface area contributed by atoms with Gasteiger partial charge >= 0.3 is 6.09 Å². The molecule has 102 valence electrons. The van der Waals surface area contributed by atoms with Crippen LogP contribution in [0.3, 0.4) is 0 Å². The Balaban J connectivity index is 1.82. The predicted molar refractivity (Wildman–Crippen MR) is 75.8 cm³/mol. The second kappa shape index (κ2) is 5.33. The van der Waals surface area contributed by atoms with Gasteiger partial charge in [-0.05, 0) is 17.9 Å². The first-order valence-corrected chi connectivity index (χ1v) is 6.70. The molecule has 4 nitrogen and oxygen atoms in total. The highest BCUT2D eigenvalue weighted by atomic mass is 16.6. The van der Waals surface area contributed by atoms with E-state index in [0.29, 0.717) is 25.1 Å². The standard InChI is InChI=1S/C16H15NO3/c18-13-7-4-10-17(11-13)16(19)20-15-9-3-6-12-5-1-2-8-14(12)15/h1-3,5-6,8-9H,4,7,10-11H2. The summed E-state index contributed by atoms with van der Waals surface area (Å²) >= 11 is 0. The van der Waals surface area contributed by atoms with Crippen molar-refractivity contribution in [1.82, 2.24) is 4.90 Å². The van der Waals surface area contributed by atoms with Crippen LogP contribution < -0.4 is 4.74 Å². The molecule has 1 amide bonds. The average Bonchev–Trinajstić information content (AvgIpc) is 2.47. The highest BCUT2D eigenvalue weighted by Gasteiger charge is 2.23. The van der Waals surface area contributed by atoms with Crippen molar-refractivity contribution in [3.05, 3.63) is 42.5 Å². The summed E-state index contributed by atoms with van der Waals surface area (Å²) in [6.45, 7) is 0.735. The Morgan fingerprint density at radius 1 is 1.10 bits per heavy atom. The summed E-state index contributed by atoms with van der Waals surface area (Å²) in [4.78, 5) is 25.0. The second-order valence-electron chi connectivity index (χ2n) is 4.91. The largest absolute Gasteiger partial charge is 0.415 e. The molecule has 0 unspecified atom stereocenters. The molecule has 1 aliphatic rings. The van der Waals surface area contributed by atoms with Crippen LogP contribution in [-0.4, -0.2) is 29.9 Å². The normalized spacial score (nSPS) is 15.4. The van der Waals surface area contributed by atoms with Crippen LogP contribution in [0.4, 0.5) is 4.79 Å². The number of carbonyl (C=O) groups excluding carboxylic acids is 2. The first-order valence-electron chi connectivity index (χ1n) is 6.70. The summed E-state index contributed by atoms with van der Waals surface area (Å²) in [5.41, 5.74) is 0. The Kier molecular flexibility index (Phi) is 3.37. The van der Waals surface area contributed by atoms with Crippen molar-refractivity contribution >= 4 is 22.6 Å². The summed E-state index contributed by atoms with van der Waals surface area (Å²) < 4.78 is 5.45. The number of piperidine rings is 1. The van der Waals surface area contributed by atoms with Gasteiger partial charge in [-0.3, -0.25) is 4.79 Å². The number of likely N-dealkylation sites (tertiary alicyclic amines) is 1. The predicted octanol–water partition coefficient (Wildman–Crippen LogP) is 3.00. The van der Waals surface area contributed by atoms with Gasteiger partial charge in [-0.25, -0.2) is 4.79 Å². The molecule has 3 rings (SSSR count). The van der Waals surface area contributed by atoms with Gasteiger partial charge in [0.2, 0.25) is 0 Å². The van der Waals surface area contributed by atoms with Crippen molar-refractivity contribution < 1.29 is 14.3 Å². The van der Waals surface area contributed by atoms with Gasteiger partial charge in [0.15, 0.2) is 5.78 Å². The zero-order valence-electron chi connectivity index (χ0n) is 11.0. The van der Waals surface area contributed by atoms with Crippen molar-refractivity contribution in [1.29, 1.82) is 0 Å². The van der Waals surface area contributed by atoms with Gasteiger partial charge in [0.1, 0.15) is 5.75 Å². The van der Waals surface area contributed by atoms with Crippen molar-refractivity contribution in [2.24, 2.45) is 0 Å². The third-order valence-corrected chi connectivity index (χ3v) is 3.46. The molecule has 1 fully saturated rings. The van der Waals surface area contributed by atoms with Gasteiger partial charge in [0.05, 0.1) is 6.54 Å². The molecule has 0 aliphatic carbocycles. The topological polar surface area (TPSA) is 46.6 Å². The SMILES string of the molecule is O=C1CCCN(C(=O)Oc2cccc3ccccc23)C1. The van der Waals surface area contributed by atoms with E-state index in [1.165, 1.54) is 4.90 Å². The van der Waals surface area contributed by atoms with Crippen LogP contribution >= 0.6 is 0 Å². The number of hydrogen-bond acceptors (Lipinski definition) is 3. The second-order valence-corrected chi connectivity index (χ2v) is 4.91. The number of hydrogen-bond donors (Lipinski definition) is 0. The minimum Gasteiger partial charge on any atom is -0.410 e. The maximum Gasteiger partial charge on any atom is 0.415 e. The molecular weight excluding hydrogens is 254 g/mol. The molecule has 1 aliphatic heterocycles. The number of Topliss-reactive ketones (excluding diaryl/α,β-unsaturated/α-hetero) is 1. The maximum atomic E-state index is 12.1. The third-order valence-electron chi connectivity index (χ3n) is 3.46. The van der Waals surface area contributed by atoms with Gasteiger partial charge < -0.3 is 9.64 Å².